The molecular formula is C53H35NO. The number of hydrogen-bond acceptors (Lipinski definition) is 2. The molecule has 0 amide bonds. The van der Waals surface area contributed by atoms with E-state index in [1.807, 2.05) is 0 Å². The van der Waals surface area contributed by atoms with Gasteiger partial charge in [0.1, 0.15) is 11.2 Å². The van der Waals surface area contributed by atoms with Crippen LogP contribution in [0.1, 0.15) is 5.56 Å². The summed E-state index contributed by atoms with van der Waals surface area (Å²) in [4.78, 5) is 2.47. The van der Waals surface area contributed by atoms with Crippen molar-refractivity contribution in [1.82, 2.24) is 0 Å². The first-order valence-corrected chi connectivity index (χ1v) is 19.0. The van der Waals surface area contributed by atoms with Gasteiger partial charge in [-0.1, -0.05) is 170 Å². The van der Waals surface area contributed by atoms with Crippen LogP contribution in [0, 0.1) is 0 Å². The lowest BCUT2D eigenvalue weighted by Gasteiger charge is -2.28. The molecule has 0 bridgehead atoms. The molecule has 2 heteroatoms. The molecule has 0 atom stereocenters. The molecule has 0 radical (unpaired) electrons. The van der Waals surface area contributed by atoms with Gasteiger partial charge in [-0.25, -0.2) is 0 Å². The maximum Gasteiger partial charge on any atom is 0.143 e. The normalized spacial score (nSPS) is 11.7. The summed E-state index contributed by atoms with van der Waals surface area (Å²) in [6.07, 6.45) is 0. The van der Waals surface area contributed by atoms with E-state index in [-0.39, 0.29) is 0 Å². The highest BCUT2D eigenvalue weighted by molar-refractivity contribution is 6.17. The first kappa shape index (κ1) is 31.4. The first-order valence-electron chi connectivity index (χ1n) is 19.0. The summed E-state index contributed by atoms with van der Waals surface area (Å²) in [6.45, 7) is 0.669. The fraction of sp³-hybridized carbons (Fsp3) is 0.0189. The molecular weight excluding hydrogens is 667 g/mol. The Morgan fingerprint density at radius 1 is 0.345 bits per heavy atom. The Bertz CT molecular complexity index is 3240. The topological polar surface area (TPSA) is 16.4 Å². The minimum absolute atomic E-state index is 0.669. The van der Waals surface area contributed by atoms with Gasteiger partial charge in [0.25, 0.3) is 0 Å². The average molecular weight is 702 g/mol. The number of nitrogens with zero attached hydrogens (tertiary/aromatic N) is 1. The van der Waals surface area contributed by atoms with Crippen molar-refractivity contribution in [1.29, 1.82) is 0 Å². The van der Waals surface area contributed by atoms with Crippen LogP contribution in [-0.2, 0) is 6.54 Å². The zero-order valence-corrected chi connectivity index (χ0v) is 30.1. The van der Waals surface area contributed by atoms with Gasteiger partial charge in [0.15, 0.2) is 0 Å². The molecule has 0 fully saturated rings. The van der Waals surface area contributed by atoms with E-state index < -0.39 is 0 Å². The first-order chi connectivity index (χ1) is 27.3. The number of furan rings is 1. The lowest BCUT2D eigenvalue weighted by atomic mass is 9.93. The molecule has 1 heterocycles. The smallest absolute Gasteiger partial charge is 0.143 e. The molecule has 0 spiro atoms. The highest BCUT2D eigenvalue weighted by atomic mass is 16.3. The second kappa shape index (κ2) is 12.8. The summed E-state index contributed by atoms with van der Waals surface area (Å²) in [7, 11) is 0. The van der Waals surface area contributed by atoms with E-state index in [1.165, 1.54) is 65.6 Å². The lowest BCUT2D eigenvalue weighted by Crippen LogP contribution is -2.17. The summed E-state index contributed by atoms with van der Waals surface area (Å²) in [5.74, 6) is 0. The number of para-hydroxylation sites is 1. The Morgan fingerprint density at radius 2 is 0.927 bits per heavy atom. The lowest BCUT2D eigenvalue weighted by molar-refractivity contribution is 0.673. The Labute approximate surface area is 319 Å². The zero-order chi connectivity index (χ0) is 36.3. The highest BCUT2D eigenvalue weighted by Gasteiger charge is 2.20. The van der Waals surface area contributed by atoms with E-state index >= 15 is 0 Å². The predicted molar refractivity (Wildman–Crippen MR) is 233 cm³/mol. The van der Waals surface area contributed by atoms with E-state index in [9.17, 15) is 0 Å². The third-order valence-corrected chi connectivity index (χ3v) is 11.3. The largest absolute Gasteiger partial charge is 0.455 e. The Hall–Kier alpha value is -7.16. The van der Waals surface area contributed by atoms with Crippen LogP contribution in [0.2, 0.25) is 0 Å². The van der Waals surface area contributed by atoms with Gasteiger partial charge >= 0.3 is 0 Å². The number of benzene rings is 10. The van der Waals surface area contributed by atoms with Crippen molar-refractivity contribution in [2.75, 3.05) is 4.90 Å². The molecule has 1 aromatic heterocycles. The average Bonchev–Trinajstić information content (AvgIpc) is 3.65. The van der Waals surface area contributed by atoms with Crippen LogP contribution in [0.15, 0.2) is 205 Å². The second-order valence-corrected chi connectivity index (χ2v) is 14.4. The SMILES string of the molecule is c1ccc(-c2cccc3c2oc2c4ccccc4ccc32)c(CN(c2ccc(-c3cc4ccccc4c4ccccc34)cc2)c2cccc3ccccc23)c1. The van der Waals surface area contributed by atoms with E-state index in [0.29, 0.717) is 6.54 Å². The van der Waals surface area contributed by atoms with E-state index in [4.69, 9.17) is 4.42 Å². The molecule has 0 saturated heterocycles. The molecule has 0 aliphatic heterocycles. The summed E-state index contributed by atoms with van der Waals surface area (Å²) in [6, 6.07) is 72.5. The minimum Gasteiger partial charge on any atom is -0.455 e. The van der Waals surface area contributed by atoms with Crippen molar-refractivity contribution >= 4 is 76.4 Å². The molecule has 0 unspecified atom stereocenters. The molecule has 11 aromatic rings. The third-order valence-electron chi connectivity index (χ3n) is 11.3. The standard InChI is InChI=1S/C53H35NO/c1-7-20-43-35(13-1)17-11-26-51(43)54(40-30-27-37(28-31-40)50-33-38-15-3-5-18-41(38)45-22-9-10-23-46(45)50)34-39-16-4-6-19-42(39)47-24-12-25-48-49-32-29-36-14-2-8-21-44(36)52(49)55-53(47)48/h1-33H,34H2. The van der Waals surface area contributed by atoms with Crippen LogP contribution in [0.4, 0.5) is 11.4 Å². The molecule has 11 rings (SSSR count). The predicted octanol–water partition coefficient (Wildman–Crippen LogP) is 14.9. The molecule has 0 saturated carbocycles. The fourth-order valence-electron chi connectivity index (χ4n) is 8.70. The van der Waals surface area contributed by atoms with E-state index in [1.54, 1.807) is 0 Å². The van der Waals surface area contributed by atoms with Gasteiger partial charge in [0, 0.05) is 45.0 Å². The second-order valence-electron chi connectivity index (χ2n) is 14.4. The summed E-state index contributed by atoms with van der Waals surface area (Å²) < 4.78 is 6.84. The monoisotopic (exact) mass is 701 g/mol. The molecule has 0 aliphatic carbocycles. The maximum atomic E-state index is 6.84. The number of anilines is 2. The van der Waals surface area contributed by atoms with Crippen LogP contribution >= 0.6 is 0 Å². The molecule has 2 nitrogen and oxygen atoms in total. The minimum atomic E-state index is 0.669. The summed E-state index contributed by atoms with van der Waals surface area (Å²) in [5, 5.41) is 12.1. The summed E-state index contributed by atoms with van der Waals surface area (Å²) in [5.41, 5.74) is 10.1. The molecule has 258 valence electrons. The van der Waals surface area contributed by atoms with Gasteiger partial charge in [0.05, 0.1) is 0 Å². The van der Waals surface area contributed by atoms with Crippen molar-refractivity contribution in [3.8, 4) is 22.3 Å². The van der Waals surface area contributed by atoms with Crippen LogP contribution in [0.25, 0.3) is 87.3 Å². The van der Waals surface area contributed by atoms with Gasteiger partial charge in [-0.3, -0.25) is 0 Å². The van der Waals surface area contributed by atoms with Crippen molar-refractivity contribution in [2.24, 2.45) is 0 Å². The molecule has 10 aromatic carbocycles. The van der Waals surface area contributed by atoms with Crippen LogP contribution < -0.4 is 4.90 Å². The quantitative estimate of drug-likeness (QED) is 0.161. The van der Waals surface area contributed by atoms with E-state index in [2.05, 4.69) is 205 Å². The Balaban J connectivity index is 1.06. The highest BCUT2D eigenvalue weighted by Crippen LogP contribution is 2.42. The maximum absolute atomic E-state index is 6.84. The van der Waals surface area contributed by atoms with Gasteiger partial charge < -0.3 is 9.32 Å². The van der Waals surface area contributed by atoms with Gasteiger partial charge in [-0.15, -0.1) is 0 Å². The van der Waals surface area contributed by atoms with Crippen molar-refractivity contribution < 1.29 is 4.42 Å². The van der Waals surface area contributed by atoms with Crippen molar-refractivity contribution in [2.45, 2.75) is 6.54 Å². The third kappa shape index (κ3) is 5.18. The zero-order valence-electron chi connectivity index (χ0n) is 30.1. The van der Waals surface area contributed by atoms with Crippen LogP contribution in [-0.4, -0.2) is 0 Å². The molecule has 0 aliphatic rings. The summed E-state index contributed by atoms with van der Waals surface area (Å²) >= 11 is 0. The van der Waals surface area contributed by atoms with Gasteiger partial charge in [0.2, 0.25) is 0 Å². The molecule has 0 N–H and O–H groups in total. The van der Waals surface area contributed by atoms with E-state index in [0.717, 1.165) is 38.6 Å². The number of fused-ring (bicyclic) bond motifs is 9. The number of hydrogen-bond donors (Lipinski definition) is 0. The number of rotatable bonds is 6. The molecule has 55 heavy (non-hydrogen) atoms. The van der Waals surface area contributed by atoms with Crippen LogP contribution in [0.5, 0.6) is 0 Å². The fourth-order valence-corrected chi connectivity index (χ4v) is 8.70. The van der Waals surface area contributed by atoms with Crippen molar-refractivity contribution in [3.05, 3.63) is 206 Å². The van der Waals surface area contributed by atoms with Crippen molar-refractivity contribution in [3.63, 3.8) is 0 Å². The Morgan fingerprint density at radius 3 is 1.76 bits per heavy atom. The Kier molecular flexibility index (Phi) is 7.28. The van der Waals surface area contributed by atoms with Gasteiger partial charge in [-0.05, 0) is 84.9 Å². The van der Waals surface area contributed by atoms with Gasteiger partial charge in [-0.2, -0.15) is 0 Å². The van der Waals surface area contributed by atoms with Crippen LogP contribution in [0.3, 0.4) is 0 Å².